The van der Waals surface area contributed by atoms with E-state index in [0.29, 0.717) is 0 Å². The van der Waals surface area contributed by atoms with Crippen LogP contribution in [0.3, 0.4) is 0 Å². The first-order chi connectivity index (χ1) is 4.20. The highest BCUT2D eigenvalue weighted by atomic mass is 16.6. The van der Waals surface area contributed by atoms with Gasteiger partial charge in [0.25, 0.3) is 0 Å². The van der Waals surface area contributed by atoms with Crippen molar-refractivity contribution >= 4 is 5.82 Å². The molecule has 9 heavy (non-hydrogen) atoms. The molecule has 0 aliphatic heterocycles. The monoisotopic (exact) mass is 129 g/mol. The highest BCUT2D eigenvalue weighted by Crippen LogP contribution is 1.99. The van der Waals surface area contributed by atoms with Gasteiger partial charge in [-0.3, -0.25) is 0 Å². The summed E-state index contributed by atoms with van der Waals surface area (Å²) in [5.74, 6) is 4.61. The van der Waals surface area contributed by atoms with E-state index >= 15 is 0 Å². The molecule has 1 rings (SSSR count). The van der Waals surface area contributed by atoms with Gasteiger partial charge in [0, 0.05) is 0 Å². The zero-order chi connectivity index (χ0) is 6.85. The van der Waals surface area contributed by atoms with Gasteiger partial charge in [-0.15, -0.1) is 4.79 Å². The van der Waals surface area contributed by atoms with Gasteiger partial charge in [-0.1, -0.05) is 0 Å². The quantitative estimate of drug-likeness (QED) is 0.294. The fourth-order valence-corrected chi connectivity index (χ4v) is 0.351. The summed E-state index contributed by atoms with van der Waals surface area (Å²) in [6.45, 7) is 0. The van der Waals surface area contributed by atoms with E-state index in [1.165, 1.54) is 0 Å². The van der Waals surface area contributed by atoms with Crippen LogP contribution in [-0.4, -0.2) is 20.0 Å². The Labute approximate surface area is 49.2 Å². The van der Waals surface area contributed by atoms with Gasteiger partial charge in [0.05, 0.1) is 5.21 Å². The van der Waals surface area contributed by atoms with Crippen LogP contribution in [0.25, 0.3) is 0 Å². The Morgan fingerprint density at radius 3 is 2.78 bits per heavy atom. The molecular formula is C2H3N5O2. The largest absolute Gasteiger partial charge is 0.412 e. The van der Waals surface area contributed by atoms with Crippen LogP contribution in [0.2, 0.25) is 0 Å². The third-order valence-corrected chi connectivity index (χ3v) is 0.685. The summed E-state index contributed by atoms with van der Waals surface area (Å²) in [5.41, 5.74) is 0. The lowest BCUT2D eigenvalue weighted by Gasteiger charge is -1.80. The van der Waals surface area contributed by atoms with Gasteiger partial charge >= 0.3 is 5.82 Å². The molecule has 0 aliphatic rings. The first-order valence-electron chi connectivity index (χ1n) is 2.02. The Bertz CT molecular complexity index is 229. The van der Waals surface area contributed by atoms with Crippen LogP contribution in [0.15, 0.2) is 6.20 Å². The first kappa shape index (κ1) is 5.48. The minimum Gasteiger partial charge on any atom is -0.358 e. The lowest BCUT2D eigenvalue weighted by molar-refractivity contribution is -0.389. The molecule has 48 valence electrons. The molecule has 0 amide bonds. The van der Waals surface area contributed by atoms with E-state index in [4.69, 9.17) is 5.84 Å². The molecule has 0 radical (unpaired) electrons. The summed E-state index contributed by atoms with van der Waals surface area (Å²) in [6, 6.07) is 0. The number of nitro groups is 1. The molecule has 0 aliphatic carbocycles. The van der Waals surface area contributed by atoms with E-state index in [-0.39, 0.29) is 5.82 Å². The molecule has 0 unspecified atom stereocenters. The number of hydrogen-bond donors (Lipinski definition) is 1. The maximum atomic E-state index is 9.85. The second kappa shape index (κ2) is 1.69. The zero-order valence-corrected chi connectivity index (χ0v) is 4.26. The topological polar surface area (TPSA) is 99.9 Å². The molecule has 0 aromatic carbocycles. The predicted molar refractivity (Wildman–Crippen MR) is 26.8 cm³/mol. The molecule has 7 nitrogen and oxygen atoms in total. The van der Waals surface area contributed by atoms with Crippen molar-refractivity contribution in [3.8, 4) is 0 Å². The Hall–Kier alpha value is -1.66. The third-order valence-electron chi connectivity index (χ3n) is 0.685. The van der Waals surface area contributed by atoms with Crippen LogP contribution in [0.4, 0.5) is 5.82 Å². The van der Waals surface area contributed by atoms with Crippen molar-refractivity contribution in [2.45, 2.75) is 0 Å². The van der Waals surface area contributed by atoms with E-state index in [1.54, 1.807) is 0 Å². The van der Waals surface area contributed by atoms with Crippen LogP contribution in [0, 0.1) is 10.1 Å². The number of aromatic nitrogens is 3. The second-order valence-corrected chi connectivity index (χ2v) is 1.31. The average molecular weight is 129 g/mol. The van der Waals surface area contributed by atoms with Gasteiger partial charge < -0.3 is 16.0 Å². The molecule has 0 fully saturated rings. The van der Waals surface area contributed by atoms with Crippen LogP contribution in [-0.2, 0) is 0 Å². The average Bonchev–Trinajstić information content (AvgIpc) is 2.14. The fraction of sp³-hybridized carbons (Fsp3) is 0. The van der Waals surface area contributed by atoms with Crippen molar-refractivity contribution in [2.24, 2.45) is 0 Å². The normalized spacial score (nSPS) is 9.33. The smallest absolute Gasteiger partial charge is 0.358 e. The second-order valence-electron chi connectivity index (χ2n) is 1.31. The van der Waals surface area contributed by atoms with E-state index in [9.17, 15) is 10.1 Å². The molecule has 1 heterocycles. The Kier molecular flexibility index (Phi) is 1.03. The summed E-state index contributed by atoms with van der Waals surface area (Å²) in [4.78, 5) is 9.95. The minimum atomic E-state index is -0.670. The van der Waals surface area contributed by atoms with Gasteiger partial charge in [0.1, 0.15) is 5.10 Å². The number of nitrogen functional groups attached to an aromatic ring is 1. The van der Waals surface area contributed by atoms with Crippen LogP contribution >= 0.6 is 0 Å². The molecule has 0 saturated heterocycles. The maximum Gasteiger partial charge on any atom is 0.412 e. The van der Waals surface area contributed by atoms with Crippen LogP contribution < -0.4 is 5.84 Å². The van der Waals surface area contributed by atoms with Crippen molar-refractivity contribution in [1.82, 2.24) is 15.1 Å². The van der Waals surface area contributed by atoms with Crippen LogP contribution in [0.1, 0.15) is 0 Å². The van der Waals surface area contributed by atoms with Crippen molar-refractivity contribution in [2.75, 3.05) is 5.84 Å². The van der Waals surface area contributed by atoms with Gasteiger partial charge in [0.15, 0.2) is 6.20 Å². The molecule has 0 bridgehead atoms. The van der Waals surface area contributed by atoms with Crippen molar-refractivity contribution in [3.05, 3.63) is 16.3 Å². The number of rotatable bonds is 1. The maximum absolute atomic E-state index is 9.85. The lowest BCUT2D eigenvalue weighted by atomic mass is 10.8. The highest BCUT2D eigenvalue weighted by molar-refractivity contribution is 5.08. The molecule has 0 spiro atoms. The van der Waals surface area contributed by atoms with Gasteiger partial charge in [-0.25, -0.2) is 0 Å². The minimum absolute atomic E-state index is 0.350. The van der Waals surface area contributed by atoms with Crippen molar-refractivity contribution < 1.29 is 4.92 Å². The number of hydrogen-bond acceptors (Lipinski definition) is 5. The van der Waals surface area contributed by atoms with Crippen LogP contribution in [0.5, 0.6) is 0 Å². The Morgan fingerprint density at radius 2 is 2.56 bits per heavy atom. The Balaban J connectivity index is 2.98. The van der Waals surface area contributed by atoms with E-state index < -0.39 is 4.92 Å². The highest BCUT2D eigenvalue weighted by Gasteiger charge is 2.09. The molecule has 2 N–H and O–H groups in total. The first-order valence-corrected chi connectivity index (χ1v) is 2.02. The Morgan fingerprint density at radius 1 is 1.89 bits per heavy atom. The molecule has 1 aromatic heterocycles. The predicted octanol–water partition coefficient (Wildman–Crippen LogP) is -1.10. The summed E-state index contributed by atoms with van der Waals surface area (Å²) >= 11 is 0. The molecule has 7 heteroatoms. The fourth-order valence-electron chi connectivity index (χ4n) is 0.351. The van der Waals surface area contributed by atoms with E-state index in [0.717, 1.165) is 11.0 Å². The summed E-state index contributed by atoms with van der Waals surface area (Å²) in [6.07, 6.45) is 1.01. The van der Waals surface area contributed by atoms with Gasteiger partial charge in [-0.05, 0) is 4.92 Å². The lowest BCUT2D eigenvalue weighted by Crippen LogP contribution is -2.07. The number of nitrogens with two attached hydrogens (primary N) is 1. The number of nitrogens with zero attached hydrogens (tertiary/aromatic N) is 4. The molecular weight excluding hydrogens is 126 g/mol. The van der Waals surface area contributed by atoms with Crippen molar-refractivity contribution in [1.29, 1.82) is 0 Å². The molecule has 0 atom stereocenters. The van der Waals surface area contributed by atoms with Gasteiger partial charge in [0.2, 0.25) is 0 Å². The summed E-state index contributed by atoms with van der Waals surface area (Å²) < 4.78 is 0. The molecule has 1 aromatic rings. The molecule has 0 saturated carbocycles. The zero-order valence-electron chi connectivity index (χ0n) is 4.26. The summed E-state index contributed by atoms with van der Waals surface area (Å²) in [5, 5.41) is 16.1. The van der Waals surface area contributed by atoms with Crippen molar-refractivity contribution in [3.63, 3.8) is 0 Å². The standard InChI is InChI=1S/C2H3N5O2/c3-6-1-2(4-5-6)7(8)9/h1H,3H2. The van der Waals surface area contributed by atoms with Gasteiger partial charge in [-0.2, -0.15) is 0 Å². The van der Waals surface area contributed by atoms with E-state index in [2.05, 4.69) is 10.3 Å². The van der Waals surface area contributed by atoms with E-state index in [1.807, 2.05) is 0 Å². The summed E-state index contributed by atoms with van der Waals surface area (Å²) in [7, 11) is 0. The SMILES string of the molecule is Nn1cc([N+](=O)[O-])nn1. The third kappa shape index (κ3) is 0.929.